The molecule has 2 rings (SSSR count). The number of esters is 1. The first-order valence-corrected chi connectivity index (χ1v) is 9.96. The summed E-state index contributed by atoms with van der Waals surface area (Å²) in [5.41, 5.74) is 0. The first-order chi connectivity index (χ1) is 12.3. The van der Waals surface area contributed by atoms with E-state index >= 15 is 0 Å². The summed E-state index contributed by atoms with van der Waals surface area (Å²) in [6, 6.07) is 4.25. The van der Waals surface area contributed by atoms with Crippen LogP contribution in [-0.2, 0) is 24.3 Å². The standard InChI is InChI=1S/C17H23FN2O5S/c1-12-4-2-3-5-15(12)20-16(21)11-25-17(22)10-19-26(23,24)14-8-6-13(18)7-9-14/h6-9,12,15,19H,2-5,10-11H2,1H3,(H,20,21)/t12-,15-/m1/s1. The number of hydrogen-bond acceptors (Lipinski definition) is 5. The van der Waals surface area contributed by atoms with E-state index in [0.717, 1.165) is 49.9 Å². The van der Waals surface area contributed by atoms with Crippen LogP contribution in [0.25, 0.3) is 0 Å². The molecule has 1 aromatic rings. The summed E-state index contributed by atoms with van der Waals surface area (Å²) in [4.78, 5) is 23.3. The molecule has 2 N–H and O–H groups in total. The molecule has 1 saturated carbocycles. The van der Waals surface area contributed by atoms with Gasteiger partial charge in [0.1, 0.15) is 12.4 Å². The highest BCUT2D eigenvalue weighted by molar-refractivity contribution is 7.89. The minimum Gasteiger partial charge on any atom is -0.455 e. The maximum atomic E-state index is 12.8. The number of carbonyl (C=O) groups excluding carboxylic acids is 2. The Morgan fingerprint density at radius 3 is 2.50 bits per heavy atom. The number of carbonyl (C=O) groups is 2. The summed E-state index contributed by atoms with van der Waals surface area (Å²) >= 11 is 0. The van der Waals surface area contributed by atoms with Gasteiger partial charge in [-0.1, -0.05) is 19.8 Å². The van der Waals surface area contributed by atoms with Gasteiger partial charge in [0.2, 0.25) is 10.0 Å². The summed E-state index contributed by atoms with van der Waals surface area (Å²) in [6.07, 6.45) is 4.16. The molecule has 1 aliphatic rings. The van der Waals surface area contributed by atoms with Gasteiger partial charge in [-0.05, 0) is 43.0 Å². The molecule has 0 radical (unpaired) electrons. The molecule has 1 amide bonds. The number of sulfonamides is 1. The molecule has 0 saturated heterocycles. The lowest BCUT2D eigenvalue weighted by molar-refractivity contribution is -0.147. The zero-order valence-electron chi connectivity index (χ0n) is 14.5. The molecule has 1 fully saturated rings. The van der Waals surface area contributed by atoms with Gasteiger partial charge in [0.25, 0.3) is 5.91 Å². The Bertz CT molecular complexity index is 736. The second-order valence-electron chi connectivity index (χ2n) is 6.37. The number of rotatable bonds is 7. The number of benzene rings is 1. The smallest absolute Gasteiger partial charge is 0.321 e. The van der Waals surface area contributed by atoms with E-state index in [1.807, 2.05) is 0 Å². The van der Waals surface area contributed by atoms with Gasteiger partial charge >= 0.3 is 5.97 Å². The molecular weight excluding hydrogens is 363 g/mol. The zero-order valence-corrected chi connectivity index (χ0v) is 15.4. The average Bonchev–Trinajstić information content (AvgIpc) is 2.60. The van der Waals surface area contributed by atoms with Crippen molar-refractivity contribution in [2.75, 3.05) is 13.2 Å². The Morgan fingerprint density at radius 2 is 1.85 bits per heavy atom. The van der Waals surface area contributed by atoms with E-state index in [1.54, 1.807) is 0 Å². The summed E-state index contributed by atoms with van der Waals surface area (Å²) in [5.74, 6) is -1.46. The third-order valence-corrected chi connectivity index (χ3v) is 5.77. The van der Waals surface area contributed by atoms with Crippen LogP contribution < -0.4 is 10.0 Å². The average molecular weight is 386 g/mol. The number of hydrogen-bond donors (Lipinski definition) is 2. The molecule has 26 heavy (non-hydrogen) atoms. The molecule has 2 atom stereocenters. The van der Waals surface area contributed by atoms with Crippen molar-refractivity contribution in [3.63, 3.8) is 0 Å². The van der Waals surface area contributed by atoms with Crippen LogP contribution in [0.15, 0.2) is 29.2 Å². The van der Waals surface area contributed by atoms with E-state index in [-0.39, 0.29) is 10.9 Å². The number of ether oxygens (including phenoxy) is 1. The van der Waals surface area contributed by atoms with Crippen molar-refractivity contribution in [2.24, 2.45) is 5.92 Å². The molecule has 0 unspecified atom stereocenters. The van der Waals surface area contributed by atoms with Crippen LogP contribution in [0, 0.1) is 11.7 Å². The fourth-order valence-corrected chi connectivity index (χ4v) is 3.80. The van der Waals surface area contributed by atoms with Crippen molar-refractivity contribution in [1.82, 2.24) is 10.0 Å². The van der Waals surface area contributed by atoms with Gasteiger partial charge in [0.15, 0.2) is 6.61 Å². The topological polar surface area (TPSA) is 102 Å². The summed E-state index contributed by atoms with van der Waals surface area (Å²) < 4.78 is 43.6. The maximum absolute atomic E-state index is 12.8. The van der Waals surface area contributed by atoms with Crippen molar-refractivity contribution < 1.29 is 27.1 Å². The number of nitrogens with one attached hydrogen (secondary N) is 2. The highest BCUT2D eigenvalue weighted by atomic mass is 32.2. The predicted octanol–water partition coefficient (Wildman–Crippen LogP) is 1.34. The van der Waals surface area contributed by atoms with Crippen molar-refractivity contribution in [2.45, 2.75) is 43.5 Å². The Hall–Kier alpha value is -2.00. The first kappa shape index (κ1) is 20.3. The zero-order chi connectivity index (χ0) is 19.2. The van der Waals surface area contributed by atoms with Crippen LogP contribution in [0.4, 0.5) is 4.39 Å². The molecule has 1 aromatic carbocycles. The fraction of sp³-hybridized carbons (Fsp3) is 0.529. The Labute approximate surface area is 152 Å². The molecule has 144 valence electrons. The molecule has 9 heteroatoms. The van der Waals surface area contributed by atoms with Gasteiger partial charge in [-0.2, -0.15) is 4.72 Å². The van der Waals surface area contributed by atoms with Crippen molar-refractivity contribution in [1.29, 1.82) is 0 Å². The monoisotopic (exact) mass is 386 g/mol. The summed E-state index contributed by atoms with van der Waals surface area (Å²) in [6.45, 7) is 0.994. The quantitative estimate of drug-likeness (QED) is 0.689. The second kappa shape index (κ2) is 9.09. The van der Waals surface area contributed by atoms with Gasteiger partial charge in [-0.25, -0.2) is 12.8 Å². The van der Waals surface area contributed by atoms with Crippen LogP contribution in [0.5, 0.6) is 0 Å². The van der Waals surface area contributed by atoms with Crippen LogP contribution >= 0.6 is 0 Å². The third kappa shape index (κ3) is 6.06. The Balaban J connectivity index is 1.74. The largest absolute Gasteiger partial charge is 0.455 e. The van der Waals surface area contributed by atoms with E-state index in [1.165, 1.54) is 0 Å². The van der Waals surface area contributed by atoms with E-state index in [2.05, 4.69) is 17.0 Å². The number of amides is 1. The van der Waals surface area contributed by atoms with Crippen molar-refractivity contribution in [3.8, 4) is 0 Å². The molecule has 0 spiro atoms. The summed E-state index contributed by atoms with van der Waals surface area (Å²) in [7, 11) is -3.96. The number of halogens is 1. The summed E-state index contributed by atoms with van der Waals surface area (Å²) in [5, 5.41) is 2.84. The molecule has 0 aromatic heterocycles. The van der Waals surface area contributed by atoms with Gasteiger partial charge in [0, 0.05) is 6.04 Å². The van der Waals surface area contributed by atoms with Gasteiger partial charge < -0.3 is 10.1 Å². The molecule has 1 aliphatic carbocycles. The van der Waals surface area contributed by atoms with Gasteiger partial charge in [-0.15, -0.1) is 0 Å². The normalized spacial score (nSPS) is 20.4. The lowest BCUT2D eigenvalue weighted by Gasteiger charge is -2.29. The van der Waals surface area contributed by atoms with E-state index in [4.69, 9.17) is 4.74 Å². The highest BCUT2D eigenvalue weighted by Crippen LogP contribution is 2.23. The molecule has 0 aliphatic heterocycles. The highest BCUT2D eigenvalue weighted by Gasteiger charge is 2.23. The molecule has 0 heterocycles. The Morgan fingerprint density at radius 1 is 1.19 bits per heavy atom. The van der Waals surface area contributed by atoms with E-state index < -0.39 is 40.9 Å². The van der Waals surface area contributed by atoms with Crippen LogP contribution in [0.1, 0.15) is 32.6 Å². The minimum absolute atomic E-state index is 0.0759. The molecule has 0 bridgehead atoms. The predicted molar refractivity (Wildman–Crippen MR) is 92.1 cm³/mol. The Kier molecular flexibility index (Phi) is 7.10. The van der Waals surface area contributed by atoms with Gasteiger partial charge in [-0.3, -0.25) is 9.59 Å². The van der Waals surface area contributed by atoms with Crippen LogP contribution in [0.3, 0.4) is 0 Å². The first-order valence-electron chi connectivity index (χ1n) is 8.48. The lowest BCUT2D eigenvalue weighted by Crippen LogP contribution is -2.43. The lowest BCUT2D eigenvalue weighted by atomic mass is 9.86. The molecule has 7 nitrogen and oxygen atoms in total. The molecular formula is C17H23FN2O5S. The third-order valence-electron chi connectivity index (χ3n) is 4.35. The minimum atomic E-state index is -3.96. The van der Waals surface area contributed by atoms with Crippen molar-refractivity contribution in [3.05, 3.63) is 30.1 Å². The fourth-order valence-electron chi connectivity index (χ4n) is 2.83. The van der Waals surface area contributed by atoms with E-state index in [9.17, 15) is 22.4 Å². The van der Waals surface area contributed by atoms with Crippen LogP contribution in [-0.4, -0.2) is 39.5 Å². The van der Waals surface area contributed by atoms with Gasteiger partial charge in [0.05, 0.1) is 4.90 Å². The SMILES string of the molecule is C[C@@H]1CCCC[C@H]1NC(=O)COC(=O)CNS(=O)(=O)c1ccc(F)cc1. The second-order valence-corrected chi connectivity index (χ2v) is 8.14. The maximum Gasteiger partial charge on any atom is 0.321 e. The van der Waals surface area contributed by atoms with Crippen molar-refractivity contribution >= 4 is 21.9 Å². The van der Waals surface area contributed by atoms with E-state index in [0.29, 0.717) is 5.92 Å². The van der Waals surface area contributed by atoms with Crippen LogP contribution in [0.2, 0.25) is 0 Å².